The zero-order chi connectivity index (χ0) is 21.1. The molecule has 6 heteroatoms. The molecule has 2 aromatic rings. The lowest BCUT2D eigenvalue weighted by molar-refractivity contribution is 0.0599. The molecular weight excluding hydrogens is 366 g/mol. The van der Waals surface area contributed by atoms with Crippen molar-refractivity contribution in [2.24, 2.45) is 5.73 Å². The van der Waals surface area contributed by atoms with Gasteiger partial charge in [0.1, 0.15) is 5.65 Å². The van der Waals surface area contributed by atoms with Crippen LogP contribution in [0.5, 0.6) is 0 Å². The zero-order valence-electron chi connectivity index (χ0n) is 18.6. The summed E-state index contributed by atoms with van der Waals surface area (Å²) >= 11 is 0. The number of ether oxygens (including phenoxy) is 1. The first kappa shape index (κ1) is 22.6. The number of carbonyl (C=O) groups is 1. The molecule has 0 bridgehead atoms. The monoisotopic (exact) mass is 403 g/mol. The van der Waals surface area contributed by atoms with Crippen molar-refractivity contribution in [3.63, 3.8) is 0 Å². The molecule has 156 valence electrons. The van der Waals surface area contributed by atoms with Crippen molar-refractivity contribution in [1.82, 2.24) is 9.22 Å². The van der Waals surface area contributed by atoms with E-state index in [0.29, 0.717) is 28.7 Å². The lowest BCUT2D eigenvalue weighted by atomic mass is 10.0. The van der Waals surface area contributed by atoms with Crippen LogP contribution in [0.4, 0.5) is 0 Å². The Labute approximate surface area is 170 Å². The van der Waals surface area contributed by atoms with Gasteiger partial charge in [-0.3, -0.25) is 0 Å². The lowest BCUT2D eigenvalue weighted by Crippen LogP contribution is -2.51. The standard InChI is InChI=1S/C22H37N3O2Si/c1-15(2)28(16(3)4,17(5)6)25-13-11-19-18(10-8-9-12-23)20(22(26)27-7)14-24-21(19)25/h11,13-17H,8-10,12,23H2,1-7H3. The topological polar surface area (TPSA) is 70.1 Å². The molecule has 0 radical (unpaired) electrons. The van der Waals surface area contributed by atoms with E-state index in [2.05, 4.69) is 58.0 Å². The summed E-state index contributed by atoms with van der Waals surface area (Å²) < 4.78 is 7.52. The average Bonchev–Trinajstić information content (AvgIpc) is 3.05. The number of methoxy groups -OCH3 is 1. The van der Waals surface area contributed by atoms with E-state index in [9.17, 15) is 4.79 Å². The summed E-state index contributed by atoms with van der Waals surface area (Å²) in [4.78, 5) is 17.1. The van der Waals surface area contributed by atoms with Crippen LogP contribution in [0.1, 0.15) is 70.3 Å². The highest BCUT2D eigenvalue weighted by Gasteiger charge is 2.46. The summed E-state index contributed by atoms with van der Waals surface area (Å²) in [5.41, 5.74) is 10.0. The summed E-state index contributed by atoms with van der Waals surface area (Å²) in [5, 5.41) is 1.08. The molecular formula is C22H37N3O2Si. The Balaban J connectivity index is 2.75. The van der Waals surface area contributed by atoms with Crippen molar-refractivity contribution in [3.05, 3.63) is 29.6 Å². The van der Waals surface area contributed by atoms with E-state index in [1.165, 1.54) is 7.11 Å². The molecule has 2 N–H and O–H groups in total. The number of carbonyl (C=O) groups excluding carboxylic acids is 1. The maximum Gasteiger partial charge on any atom is 0.339 e. The van der Waals surface area contributed by atoms with Gasteiger partial charge in [0.05, 0.1) is 12.7 Å². The second-order valence-corrected chi connectivity index (χ2v) is 14.4. The maximum absolute atomic E-state index is 12.4. The van der Waals surface area contributed by atoms with Crippen LogP contribution in [0, 0.1) is 0 Å². The van der Waals surface area contributed by atoms with Crippen molar-refractivity contribution in [3.8, 4) is 0 Å². The minimum Gasteiger partial charge on any atom is -0.465 e. The number of nitrogens with two attached hydrogens (primary N) is 1. The number of aromatic nitrogens is 2. The zero-order valence-corrected chi connectivity index (χ0v) is 19.6. The maximum atomic E-state index is 12.4. The Morgan fingerprint density at radius 2 is 1.75 bits per heavy atom. The van der Waals surface area contributed by atoms with Crippen molar-refractivity contribution in [2.45, 2.75) is 77.4 Å². The molecule has 2 heterocycles. The third kappa shape index (κ3) is 3.76. The molecule has 2 aromatic heterocycles. The number of hydrogen-bond acceptors (Lipinski definition) is 4. The quantitative estimate of drug-likeness (QED) is 0.358. The van der Waals surface area contributed by atoms with Crippen LogP contribution >= 0.6 is 0 Å². The minimum atomic E-state index is -1.91. The van der Waals surface area contributed by atoms with Gasteiger partial charge in [-0.05, 0) is 60.3 Å². The normalized spacial score (nSPS) is 12.5. The van der Waals surface area contributed by atoms with Crippen molar-refractivity contribution in [1.29, 1.82) is 0 Å². The molecule has 0 aliphatic carbocycles. The summed E-state index contributed by atoms with van der Waals surface area (Å²) in [6, 6.07) is 2.15. The largest absolute Gasteiger partial charge is 0.465 e. The first-order chi connectivity index (χ1) is 13.2. The van der Waals surface area contributed by atoms with Gasteiger partial charge in [-0.25, -0.2) is 9.78 Å². The highest BCUT2D eigenvalue weighted by Crippen LogP contribution is 2.44. The number of hydrogen-bond donors (Lipinski definition) is 1. The van der Waals surface area contributed by atoms with E-state index in [0.717, 1.165) is 35.9 Å². The van der Waals surface area contributed by atoms with Gasteiger partial charge in [-0.1, -0.05) is 41.5 Å². The highest BCUT2D eigenvalue weighted by atomic mass is 28.3. The molecule has 0 atom stereocenters. The van der Waals surface area contributed by atoms with Gasteiger partial charge >= 0.3 is 5.97 Å². The van der Waals surface area contributed by atoms with E-state index >= 15 is 0 Å². The summed E-state index contributed by atoms with van der Waals surface area (Å²) in [7, 11) is -0.486. The highest BCUT2D eigenvalue weighted by molar-refractivity contribution is 6.82. The van der Waals surface area contributed by atoms with E-state index in [4.69, 9.17) is 15.5 Å². The van der Waals surface area contributed by atoms with Crippen LogP contribution in [-0.4, -0.2) is 37.1 Å². The number of rotatable bonds is 9. The van der Waals surface area contributed by atoms with E-state index < -0.39 is 8.24 Å². The molecule has 0 unspecified atom stereocenters. The molecule has 0 aliphatic heterocycles. The van der Waals surface area contributed by atoms with Crippen LogP contribution in [0.2, 0.25) is 16.6 Å². The first-order valence-electron chi connectivity index (χ1n) is 10.5. The van der Waals surface area contributed by atoms with Gasteiger partial charge in [0.15, 0.2) is 8.24 Å². The second kappa shape index (κ2) is 9.22. The third-order valence-electron chi connectivity index (χ3n) is 6.30. The van der Waals surface area contributed by atoms with E-state index in [1.54, 1.807) is 6.20 Å². The number of esters is 1. The molecule has 0 aromatic carbocycles. The number of aryl methyl sites for hydroxylation is 1. The average molecular weight is 404 g/mol. The third-order valence-corrected chi connectivity index (χ3v) is 13.0. The molecule has 0 aliphatic rings. The Kier molecular flexibility index (Phi) is 7.45. The smallest absolute Gasteiger partial charge is 0.339 e. The molecule has 5 nitrogen and oxygen atoms in total. The Hall–Kier alpha value is -1.66. The molecule has 0 amide bonds. The number of fused-ring (bicyclic) bond motifs is 1. The summed E-state index contributed by atoms with van der Waals surface area (Å²) in [6.45, 7) is 14.8. The van der Waals surface area contributed by atoms with Crippen LogP contribution in [-0.2, 0) is 11.2 Å². The number of pyridine rings is 1. The second-order valence-electron chi connectivity index (χ2n) is 8.66. The van der Waals surface area contributed by atoms with Crippen LogP contribution in [0.3, 0.4) is 0 Å². The van der Waals surface area contributed by atoms with Gasteiger partial charge in [0, 0.05) is 11.6 Å². The molecule has 0 saturated carbocycles. The van der Waals surface area contributed by atoms with Gasteiger partial charge in [0.25, 0.3) is 0 Å². The summed E-state index contributed by atoms with van der Waals surface area (Å²) in [6.07, 6.45) is 6.63. The summed E-state index contributed by atoms with van der Waals surface area (Å²) in [5.74, 6) is -0.315. The van der Waals surface area contributed by atoms with Crippen LogP contribution in [0.15, 0.2) is 18.5 Å². The number of unbranched alkanes of at least 4 members (excludes halogenated alkanes) is 1. The van der Waals surface area contributed by atoms with Gasteiger partial charge in [-0.15, -0.1) is 0 Å². The van der Waals surface area contributed by atoms with Gasteiger partial charge in [0.2, 0.25) is 0 Å². The Bertz CT molecular complexity index is 790. The fraction of sp³-hybridized carbons (Fsp3) is 0.636. The first-order valence-corrected chi connectivity index (χ1v) is 12.7. The van der Waals surface area contributed by atoms with Crippen molar-refractivity contribution in [2.75, 3.05) is 13.7 Å². The minimum absolute atomic E-state index is 0.315. The predicted octanol–water partition coefficient (Wildman–Crippen LogP) is 5.13. The van der Waals surface area contributed by atoms with E-state index in [1.807, 2.05) is 0 Å². The molecule has 2 rings (SSSR count). The van der Waals surface area contributed by atoms with Crippen molar-refractivity contribution < 1.29 is 9.53 Å². The van der Waals surface area contributed by atoms with Crippen LogP contribution in [0.25, 0.3) is 11.0 Å². The van der Waals surface area contributed by atoms with Crippen LogP contribution < -0.4 is 5.73 Å². The van der Waals surface area contributed by atoms with Gasteiger partial charge < -0.3 is 14.7 Å². The molecule has 0 fully saturated rings. The number of nitrogens with zero attached hydrogens (tertiary/aromatic N) is 2. The molecule has 28 heavy (non-hydrogen) atoms. The van der Waals surface area contributed by atoms with Gasteiger partial charge in [-0.2, -0.15) is 0 Å². The Morgan fingerprint density at radius 1 is 1.14 bits per heavy atom. The fourth-order valence-electron chi connectivity index (χ4n) is 5.29. The SMILES string of the molecule is COC(=O)c1cnc2c(ccn2[Si](C(C)C)(C(C)C)C(C)C)c1CCCCN. The molecule has 0 spiro atoms. The van der Waals surface area contributed by atoms with E-state index in [-0.39, 0.29) is 5.97 Å². The van der Waals surface area contributed by atoms with Crippen molar-refractivity contribution >= 4 is 25.2 Å². The Morgan fingerprint density at radius 3 is 2.25 bits per heavy atom. The lowest BCUT2D eigenvalue weighted by Gasteiger charge is -2.44. The molecule has 0 saturated heterocycles. The predicted molar refractivity (Wildman–Crippen MR) is 120 cm³/mol. The fourth-order valence-corrected chi connectivity index (χ4v) is 11.8.